The van der Waals surface area contributed by atoms with E-state index in [0.717, 1.165) is 0 Å². The second-order valence-electron chi connectivity index (χ2n) is 2.62. The van der Waals surface area contributed by atoms with Crippen molar-refractivity contribution in [3.63, 3.8) is 0 Å². The fraction of sp³-hybridized carbons (Fsp3) is 0.333. The summed E-state index contributed by atoms with van der Waals surface area (Å²) in [6, 6.07) is 0. The molecule has 12 heavy (non-hydrogen) atoms. The number of hydrogen-bond donors (Lipinski definition) is 0. The van der Waals surface area contributed by atoms with Crippen LogP contribution in [0.2, 0.25) is 0 Å². The largest absolute Gasteiger partial charge is 0.106 e. The lowest BCUT2D eigenvalue weighted by Crippen LogP contribution is -1.89. The van der Waals surface area contributed by atoms with E-state index in [1.165, 1.54) is 24.8 Å². The summed E-state index contributed by atoms with van der Waals surface area (Å²) in [5, 5.41) is 0. The molecule has 0 aromatic rings. The van der Waals surface area contributed by atoms with Gasteiger partial charge in [-0.15, -0.1) is 13.2 Å². The van der Waals surface area contributed by atoms with Crippen molar-refractivity contribution in [3.05, 3.63) is 49.1 Å². The molecule has 0 nitrogen and oxygen atoms in total. The maximum absolute atomic E-state index is 3.74. The number of hydrogen-bond acceptors (Lipinski definition) is 0. The average molecular weight is 162 g/mol. The molecule has 66 valence electrons. The van der Waals surface area contributed by atoms with E-state index in [0.29, 0.717) is 0 Å². The normalized spacial score (nSPS) is 15.1. The van der Waals surface area contributed by atoms with Crippen LogP contribution in [0, 0.1) is 0 Å². The van der Waals surface area contributed by atoms with Gasteiger partial charge in [0.1, 0.15) is 0 Å². The Hall–Kier alpha value is -1.04. The van der Waals surface area contributed by atoms with Gasteiger partial charge >= 0.3 is 0 Å². The van der Waals surface area contributed by atoms with Gasteiger partial charge in [0.25, 0.3) is 0 Å². The predicted molar refractivity (Wildman–Crippen MR) is 57.1 cm³/mol. The highest BCUT2D eigenvalue weighted by Gasteiger charge is 2.00. The first-order chi connectivity index (χ1) is 5.86. The fourth-order valence-corrected chi connectivity index (χ4v) is 1.16. The quantitative estimate of drug-likeness (QED) is 0.538. The Labute approximate surface area is 76.0 Å². The van der Waals surface area contributed by atoms with Crippen LogP contribution in [-0.4, -0.2) is 0 Å². The zero-order valence-electron chi connectivity index (χ0n) is 7.97. The third-order valence-corrected chi connectivity index (χ3v) is 1.98. The van der Waals surface area contributed by atoms with Gasteiger partial charge in [-0.25, -0.2) is 0 Å². The minimum atomic E-state index is 1.18. The maximum atomic E-state index is 3.74. The molecule has 0 atom stereocenters. The van der Waals surface area contributed by atoms with Gasteiger partial charge in [-0.2, -0.15) is 0 Å². The first-order valence-corrected chi connectivity index (χ1v) is 4.38. The van der Waals surface area contributed by atoms with Gasteiger partial charge in [0.05, 0.1) is 0 Å². The lowest BCUT2D eigenvalue weighted by atomic mass is 9.97. The van der Waals surface area contributed by atoms with Crippen LogP contribution in [0.25, 0.3) is 0 Å². The molecular formula is C12H18. The number of rotatable bonds is 2. The zero-order chi connectivity index (χ0) is 9.40. The lowest BCUT2D eigenvalue weighted by Gasteiger charge is -2.09. The van der Waals surface area contributed by atoms with Gasteiger partial charge in [-0.1, -0.05) is 37.3 Å². The summed E-state index contributed by atoms with van der Waals surface area (Å²) >= 11 is 0. The van der Waals surface area contributed by atoms with Crippen LogP contribution < -0.4 is 0 Å². The van der Waals surface area contributed by atoms with Gasteiger partial charge in [-0.3, -0.25) is 0 Å². The van der Waals surface area contributed by atoms with Crippen LogP contribution in [-0.2, 0) is 0 Å². The van der Waals surface area contributed by atoms with Crippen LogP contribution in [0.3, 0.4) is 0 Å². The van der Waals surface area contributed by atoms with E-state index in [1.54, 1.807) is 5.57 Å². The highest BCUT2D eigenvalue weighted by Crippen LogP contribution is 2.20. The average Bonchev–Trinajstić information content (AvgIpc) is 2.21. The monoisotopic (exact) mass is 162 g/mol. The van der Waals surface area contributed by atoms with E-state index in [4.69, 9.17) is 0 Å². The Bertz CT molecular complexity index is 194. The summed E-state index contributed by atoms with van der Waals surface area (Å²) in [6.45, 7) is 11.9. The van der Waals surface area contributed by atoms with Crippen LogP contribution in [0.1, 0.15) is 26.2 Å². The van der Waals surface area contributed by atoms with Crippen LogP contribution >= 0.6 is 0 Å². The Balaban J connectivity index is 0.000000561. The number of allylic oxidation sites excluding steroid dienone is 5. The molecule has 0 aromatic heterocycles. The van der Waals surface area contributed by atoms with E-state index in [1.807, 2.05) is 6.08 Å². The summed E-state index contributed by atoms with van der Waals surface area (Å²) in [6.07, 6.45) is 9.96. The molecule has 0 heterocycles. The van der Waals surface area contributed by atoms with Gasteiger partial charge in [0.15, 0.2) is 0 Å². The predicted octanol–water partition coefficient (Wildman–Crippen LogP) is 4.03. The highest BCUT2D eigenvalue weighted by atomic mass is 14.1. The van der Waals surface area contributed by atoms with Crippen molar-refractivity contribution in [2.75, 3.05) is 0 Å². The van der Waals surface area contributed by atoms with Crippen molar-refractivity contribution in [1.29, 1.82) is 0 Å². The molecule has 0 N–H and O–H groups in total. The first kappa shape index (κ1) is 11.0. The molecule has 0 radical (unpaired) electrons. The Kier molecular flexibility index (Phi) is 6.08. The second kappa shape index (κ2) is 6.66. The molecule has 0 saturated carbocycles. The molecule has 0 amide bonds. The minimum absolute atomic E-state index is 1.18. The Morgan fingerprint density at radius 3 is 2.33 bits per heavy atom. The van der Waals surface area contributed by atoms with E-state index in [2.05, 4.69) is 38.8 Å². The molecule has 0 aromatic carbocycles. The van der Waals surface area contributed by atoms with Crippen molar-refractivity contribution in [3.8, 4) is 0 Å². The van der Waals surface area contributed by atoms with Crippen molar-refractivity contribution in [1.82, 2.24) is 0 Å². The van der Waals surface area contributed by atoms with Crippen molar-refractivity contribution in [2.24, 2.45) is 0 Å². The third kappa shape index (κ3) is 3.38. The second-order valence-corrected chi connectivity index (χ2v) is 2.62. The standard InChI is InChI=1S/C10H14.C2H4/c1-3-9-5-7-10(4-2)8-6-9;1-2/h3,5,7H,1,4,6,8H2,2H3;1-2H2. The molecule has 0 fully saturated rings. The fourth-order valence-electron chi connectivity index (χ4n) is 1.16. The molecule has 0 heteroatoms. The van der Waals surface area contributed by atoms with Gasteiger partial charge in [0, 0.05) is 0 Å². The van der Waals surface area contributed by atoms with E-state index in [9.17, 15) is 0 Å². The minimum Gasteiger partial charge on any atom is -0.106 e. The van der Waals surface area contributed by atoms with Crippen LogP contribution in [0.4, 0.5) is 0 Å². The molecule has 1 aliphatic rings. The molecule has 0 spiro atoms. The molecule has 0 bridgehead atoms. The third-order valence-electron chi connectivity index (χ3n) is 1.98. The Morgan fingerprint density at radius 2 is 2.00 bits per heavy atom. The summed E-state index contributed by atoms with van der Waals surface area (Å²) < 4.78 is 0. The molecule has 1 aliphatic carbocycles. The summed E-state index contributed by atoms with van der Waals surface area (Å²) in [5.41, 5.74) is 2.93. The van der Waals surface area contributed by atoms with Gasteiger partial charge < -0.3 is 0 Å². The first-order valence-electron chi connectivity index (χ1n) is 4.38. The molecule has 0 saturated heterocycles. The SMILES string of the molecule is C=C.C=CC1=CC=C(CC)CC1. The summed E-state index contributed by atoms with van der Waals surface area (Å²) in [4.78, 5) is 0. The molecule has 0 aliphatic heterocycles. The molecule has 1 rings (SSSR count). The topological polar surface area (TPSA) is 0 Å². The Morgan fingerprint density at radius 1 is 1.33 bits per heavy atom. The van der Waals surface area contributed by atoms with Crippen LogP contribution in [0.15, 0.2) is 49.1 Å². The van der Waals surface area contributed by atoms with Gasteiger partial charge in [-0.05, 0) is 24.8 Å². The van der Waals surface area contributed by atoms with Crippen molar-refractivity contribution >= 4 is 0 Å². The van der Waals surface area contributed by atoms with Gasteiger partial charge in [0.2, 0.25) is 0 Å². The molecular weight excluding hydrogens is 144 g/mol. The molecule has 0 unspecified atom stereocenters. The lowest BCUT2D eigenvalue weighted by molar-refractivity contribution is 0.873. The summed E-state index contributed by atoms with van der Waals surface area (Å²) in [5.74, 6) is 0. The zero-order valence-corrected chi connectivity index (χ0v) is 7.97. The van der Waals surface area contributed by atoms with E-state index >= 15 is 0 Å². The van der Waals surface area contributed by atoms with E-state index in [-0.39, 0.29) is 0 Å². The van der Waals surface area contributed by atoms with Crippen LogP contribution in [0.5, 0.6) is 0 Å². The van der Waals surface area contributed by atoms with Crippen molar-refractivity contribution < 1.29 is 0 Å². The maximum Gasteiger partial charge on any atom is -0.0242 e. The highest BCUT2D eigenvalue weighted by molar-refractivity contribution is 5.29. The van der Waals surface area contributed by atoms with Crippen molar-refractivity contribution in [2.45, 2.75) is 26.2 Å². The smallest absolute Gasteiger partial charge is 0.0242 e. The summed E-state index contributed by atoms with van der Waals surface area (Å²) in [7, 11) is 0. The van der Waals surface area contributed by atoms with E-state index < -0.39 is 0 Å².